The zero-order chi connectivity index (χ0) is 14.4. The van der Waals surface area contributed by atoms with E-state index in [0.717, 1.165) is 4.90 Å². The molecule has 8 heteroatoms. The van der Waals surface area contributed by atoms with Crippen LogP contribution in [0.25, 0.3) is 0 Å². The van der Waals surface area contributed by atoms with Gasteiger partial charge < -0.3 is 15.3 Å². The first-order valence-corrected chi connectivity index (χ1v) is 5.66. The molecule has 0 aliphatic carbocycles. The van der Waals surface area contributed by atoms with E-state index in [2.05, 4.69) is 17.2 Å². The van der Waals surface area contributed by atoms with Crippen molar-refractivity contribution in [3.05, 3.63) is 12.7 Å². The highest BCUT2D eigenvalue weighted by atomic mass is 16.4. The van der Waals surface area contributed by atoms with Crippen LogP contribution >= 0.6 is 0 Å². The fourth-order valence-corrected chi connectivity index (χ4v) is 1.61. The fourth-order valence-electron chi connectivity index (χ4n) is 1.61. The van der Waals surface area contributed by atoms with Crippen LogP contribution in [-0.2, 0) is 14.4 Å². The van der Waals surface area contributed by atoms with E-state index in [1.165, 1.54) is 6.08 Å². The van der Waals surface area contributed by atoms with Gasteiger partial charge in [-0.3, -0.25) is 19.7 Å². The number of amides is 4. The molecule has 1 aliphatic rings. The van der Waals surface area contributed by atoms with Gasteiger partial charge in [-0.25, -0.2) is 4.79 Å². The summed E-state index contributed by atoms with van der Waals surface area (Å²) in [4.78, 5) is 45.8. The number of rotatable bonds is 5. The Balaban J connectivity index is 2.60. The van der Waals surface area contributed by atoms with Crippen LogP contribution in [0.5, 0.6) is 0 Å². The van der Waals surface area contributed by atoms with Crippen LogP contribution in [0.15, 0.2) is 12.7 Å². The Hall–Kier alpha value is -2.38. The Morgan fingerprint density at radius 1 is 1.53 bits per heavy atom. The number of urea groups is 1. The van der Waals surface area contributed by atoms with Crippen molar-refractivity contribution >= 4 is 23.8 Å². The number of carboxylic acid groups (broad SMARTS) is 1. The third kappa shape index (κ3) is 4.41. The predicted molar refractivity (Wildman–Crippen MR) is 64.1 cm³/mol. The summed E-state index contributed by atoms with van der Waals surface area (Å²) in [5.74, 6) is -2.14. The molecule has 0 saturated carbocycles. The number of nitrogens with zero attached hydrogens (tertiary/aromatic N) is 1. The predicted octanol–water partition coefficient (Wildman–Crippen LogP) is -0.926. The molecule has 8 nitrogen and oxygen atoms in total. The van der Waals surface area contributed by atoms with Crippen molar-refractivity contribution in [2.24, 2.45) is 0 Å². The molecule has 1 heterocycles. The molecule has 0 spiro atoms. The van der Waals surface area contributed by atoms with Crippen LogP contribution in [0.1, 0.15) is 12.8 Å². The first-order chi connectivity index (χ1) is 8.93. The minimum Gasteiger partial charge on any atom is -0.480 e. The number of aliphatic carboxylic acids is 1. The van der Waals surface area contributed by atoms with Crippen LogP contribution in [0, 0.1) is 0 Å². The zero-order valence-electron chi connectivity index (χ0n) is 10.2. The van der Waals surface area contributed by atoms with Crippen molar-refractivity contribution in [1.82, 2.24) is 15.5 Å². The second-order valence-corrected chi connectivity index (χ2v) is 4.02. The maximum Gasteiger partial charge on any atom is 0.323 e. The number of imide groups is 1. The standard InChI is InChI=1S/C11H15N3O5/c1-2-5-14(6-9(16)17)11(19)12-7-3-4-8(15)13-10(7)18/h2,7H,1,3-6H2,(H,12,19)(H,16,17)(H,13,15,18). The minimum absolute atomic E-state index is 0.0470. The SMILES string of the molecule is C=CCN(CC(=O)O)C(=O)NC1CCC(=O)NC1=O. The molecule has 104 valence electrons. The molecular formula is C11H15N3O5. The number of carbonyl (C=O) groups excluding carboxylic acids is 3. The molecule has 1 unspecified atom stereocenters. The molecule has 1 aliphatic heterocycles. The van der Waals surface area contributed by atoms with Gasteiger partial charge in [-0.05, 0) is 6.42 Å². The van der Waals surface area contributed by atoms with Crippen LogP contribution < -0.4 is 10.6 Å². The molecule has 0 bridgehead atoms. The van der Waals surface area contributed by atoms with E-state index in [1.807, 2.05) is 0 Å². The van der Waals surface area contributed by atoms with Gasteiger partial charge in [0.1, 0.15) is 12.6 Å². The van der Waals surface area contributed by atoms with Crippen LogP contribution in [0.4, 0.5) is 4.79 Å². The van der Waals surface area contributed by atoms with Gasteiger partial charge in [0.25, 0.3) is 0 Å². The first kappa shape index (κ1) is 14.7. The fraction of sp³-hybridized carbons (Fsp3) is 0.455. The molecule has 0 aromatic carbocycles. The summed E-state index contributed by atoms with van der Waals surface area (Å²) in [6.07, 6.45) is 1.72. The van der Waals surface area contributed by atoms with Crippen molar-refractivity contribution in [1.29, 1.82) is 0 Å². The van der Waals surface area contributed by atoms with Gasteiger partial charge in [-0.2, -0.15) is 0 Å². The molecule has 1 saturated heterocycles. The molecule has 1 fully saturated rings. The van der Waals surface area contributed by atoms with Gasteiger partial charge >= 0.3 is 12.0 Å². The van der Waals surface area contributed by atoms with Crippen molar-refractivity contribution < 1.29 is 24.3 Å². The highest BCUT2D eigenvalue weighted by Crippen LogP contribution is 2.05. The van der Waals surface area contributed by atoms with E-state index in [-0.39, 0.29) is 25.3 Å². The normalized spacial score (nSPS) is 18.4. The minimum atomic E-state index is -1.17. The van der Waals surface area contributed by atoms with Gasteiger partial charge in [0.2, 0.25) is 11.8 Å². The average Bonchev–Trinajstić information content (AvgIpc) is 2.31. The molecule has 0 aromatic heterocycles. The number of carbonyl (C=O) groups is 4. The van der Waals surface area contributed by atoms with Gasteiger partial charge in [0, 0.05) is 13.0 Å². The maximum atomic E-state index is 11.8. The topological polar surface area (TPSA) is 116 Å². The Kier molecular flexibility index (Phi) is 5.04. The highest BCUT2D eigenvalue weighted by Gasteiger charge is 2.29. The van der Waals surface area contributed by atoms with E-state index in [9.17, 15) is 19.2 Å². The number of piperidine rings is 1. The molecular weight excluding hydrogens is 254 g/mol. The summed E-state index contributed by atoms with van der Waals surface area (Å²) in [6, 6.07) is -1.51. The quantitative estimate of drug-likeness (QED) is 0.440. The highest BCUT2D eigenvalue weighted by molar-refractivity contribution is 6.01. The number of hydrogen-bond donors (Lipinski definition) is 3. The largest absolute Gasteiger partial charge is 0.480 e. The summed E-state index contributed by atoms with van der Waals surface area (Å²) in [5, 5.41) is 13.2. The lowest BCUT2D eigenvalue weighted by Gasteiger charge is -2.25. The number of carboxylic acids is 1. The summed E-state index contributed by atoms with van der Waals surface area (Å²) in [5.41, 5.74) is 0. The summed E-state index contributed by atoms with van der Waals surface area (Å²) >= 11 is 0. The molecule has 19 heavy (non-hydrogen) atoms. The maximum absolute atomic E-state index is 11.8. The third-order valence-electron chi connectivity index (χ3n) is 2.50. The average molecular weight is 269 g/mol. The molecule has 4 amide bonds. The number of hydrogen-bond acceptors (Lipinski definition) is 4. The van der Waals surface area contributed by atoms with E-state index < -0.39 is 30.5 Å². The van der Waals surface area contributed by atoms with E-state index in [0.29, 0.717) is 0 Å². The molecule has 0 aromatic rings. The Labute approximate surface area is 109 Å². The van der Waals surface area contributed by atoms with Gasteiger partial charge in [-0.1, -0.05) is 6.08 Å². The second-order valence-electron chi connectivity index (χ2n) is 4.02. The lowest BCUT2D eigenvalue weighted by Crippen LogP contribution is -2.55. The monoisotopic (exact) mass is 269 g/mol. The summed E-state index contributed by atoms with van der Waals surface area (Å²) in [6.45, 7) is 2.98. The Bertz CT molecular complexity index is 421. The molecule has 3 N–H and O–H groups in total. The molecule has 1 atom stereocenters. The van der Waals surface area contributed by atoms with Gasteiger partial charge in [0.15, 0.2) is 0 Å². The van der Waals surface area contributed by atoms with E-state index in [1.54, 1.807) is 0 Å². The van der Waals surface area contributed by atoms with Gasteiger partial charge in [-0.15, -0.1) is 6.58 Å². The van der Waals surface area contributed by atoms with Crippen LogP contribution in [0.3, 0.4) is 0 Å². The van der Waals surface area contributed by atoms with E-state index >= 15 is 0 Å². The van der Waals surface area contributed by atoms with E-state index in [4.69, 9.17) is 5.11 Å². The van der Waals surface area contributed by atoms with Crippen molar-refractivity contribution in [3.63, 3.8) is 0 Å². The Morgan fingerprint density at radius 3 is 2.74 bits per heavy atom. The lowest BCUT2D eigenvalue weighted by molar-refractivity contribution is -0.137. The summed E-state index contributed by atoms with van der Waals surface area (Å²) < 4.78 is 0. The summed E-state index contributed by atoms with van der Waals surface area (Å²) in [7, 11) is 0. The smallest absolute Gasteiger partial charge is 0.323 e. The van der Waals surface area contributed by atoms with Crippen LogP contribution in [-0.4, -0.2) is 53.0 Å². The third-order valence-corrected chi connectivity index (χ3v) is 2.50. The lowest BCUT2D eigenvalue weighted by atomic mass is 10.1. The Morgan fingerprint density at radius 2 is 2.21 bits per heavy atom. The molecule has 0 radical (unpaired) electrons. The van der Waals surface area contributed by atoms with Crippen molar-refractivity contribution in [2.75, 3.05) is 13.1 Å². The van der Waals surface area contributed by atoms with Crippen LogP contribution in [0.2, 0.25) is 0 Å². The van der Waals surface area contributed by atoms with Crippen molar-refractivity contribution in [2.45, 2.75) is 18.9 Å². The number of nitrogens with one attached hydrogen (secondary N) is 2. The second kappa shape index (κ2) is 6.53. The zero-order valence-corrected chi connectivity index (χ0v) is 10.2. The van der Waals surface area contributed by atoms with Crippen molar-refractivity contribution in [3.8, 4) is 0 Å². The van der Waals surface area contributed by atoms with Gasteiger partial charge in [0.05, 0.1) is 0 Å². The molecule has 1 rings (SSSR count). The first-order valence-electron chi connectivity index (χ1n) is 5.66.